The van der Waals surface area contributed by atoms with Crippen LogP contribution in [0.4, 0.5) is 5.69 Å². The summed E-state index contributed by atoms with van der Waals surface area (Å²) in [4.78, 5) is 0. The first-order valence-corrected chi connectivity index (χ1v) is 2.99. The minimum Gasteiger partial charge on any atom is -0.383 e. The molecule has 9 heavy (non-hydrogen) atoms. The third-order valence-corrected chi connectivity index (χ3v) is 1.30. The summed E-state index contributed by atoms with van der Waals surface area (Å²) in [7, 11) is 3.49. The molecule has 0 amide bonds. The van der Waals surface area contributed by atoms with Gasteiger partial charge in [0.05, 0.1) is 0 Å². The highest BCUT2D eigenvalue weighted by atomic mass is 35.5. The van der Waals surface area contributed by atoms with Crippen LogP contribution in [0.15, 0.2) is 24.3 Å². The molecule has 47 valence electrons. The van der Waals surface area contributed by atoms with Gasteiger partial charge in [0.1, 0.15) is 0 Å². The van der Waals surface area contributed by atoms with Gasteiger partial charge in [-0.1, -0.05) is 11.6 Å². The van der Waals surface area contributed by atoms with Crippen molar-refractivity contribution in [1.29, 1.82) is 0 Å². The Morgan fingerprint density at radius 1 is 1.22 bits per heavy atom. The van der Waals surface area contributed by atoms with Crippen LogP contribution < -0.4 is 5.32 Å². The second-order valence-electron chi connectivity index (χ2n) is 1.68. The van der Waals surface area contributed by atoms with Crippen molar-refractivity contribution in [2.45, 2.75) is 0 Å². The van der Waals surface area contributed by atoms with E-state index in [1.807, 2.05) is 24.3 Å². The highest BCUT2D eigenvalue weighted by Gasteiger charge is 1.85. The molecule has 0 aliphatic carbocycles. The Labute approximate surface area is 59.6 Å². The van der Waals surface area contributed by atoms with Gasteiger partial charge in [0.2, 0.25) is 0 Å². The molecule has 0 saturated carbocycles. The van der Waals surface area contributed by atoms with E-state index in [-0.39, 0.29) is 0 Å². The molecule has 0 aliphatic heterocycles. The fourth-order valence-electron chi connectivity index (χ4n) is 0.568. The maximum Gasteiger partial charge on any atom is 0.0407 e. The zero-order valence-electron chi connectivity index (χ0n) is 4.89. The van der Waals surface area contributed by atoms with Crippen LogP contribution in [0.2, 0.25) is 5.02 Å². The number of halogens is 1. The van der Waals surface area contributed by atoms with Crippen LogP contribution in [-0.2, 0) is 0 Å². The Bertz CT molecular complexity index is 181. The highest BCUT2D eigenvalue weighted by molar-refractivity contribution is 6.30. The van der Waals surface area contributed by atoms with Crippen LogP contribution in [0.1, 0.15) is 0 Å². The first-order chi connectivity index (χ1) is 4.33. The van der Waals surface area contributed by atoms with Gasteiger partial charge in [-0.3, -0.25) is 0 Å². The largest absolute Gasteiger partial charge is 0.383 e. The van der Waals surface area contributed by atoms with E-state index >= 15 is 0 Å². The number of rotatable bonds is 1. The Morgan fingerprint density at radius 2 is 1.78 bits per heavy atom. The summed E-state index contributed by atoms with van der Waals surface area (Å²) in [5, 5.41) is 3.49. The lowest BCUT2D eigenvalue weighted by molar-refractivity contribution is 1.59. The first kappa shape index (κ1) is 6.43. The molecule has 1 nitrogen and oxygen atoms in total. The Balaban J connectivity index is 2.88. The standard InChI is InChI=1S/C7H7ClN/c1-9-7-4-2-6(8)3-5-7/h2-5,9H,1H2. The fourth-order valence-corrected chi connectivity index (χ4v) is 0.694. The van der Waals surface area contributed by atoms with Crippen LogP contribution in [0.3, 0.4) is 0 Å². The summed E-state index contributed by atoms with van der Waals surface area (Å²) in [6.45, 7) is 0. The van der Waals surface area contributed by atoms with Crippen molar-refractivity contribution in [3.8, 4) is 0 Å². The van der Waals surface area contributed by atoms with Crippen molar-refractivity contribution in [2.75, 3.05) is 5.32 Å². The summed E-state index contributed by atoms with van der Waals surface area (Å²) in [6.07, 6.45) is 0. The Morgan fingerprint density at radius 3 is 2.22 bits per heavy atom. The van der Waals surface area contributed by atoms with Crippen molar-refractivity contribution in [3.63, 3.8) is 0 Å². The molecule has 0 heterocycles. The van der Waals surface area contributed by atoms with Gasteiger partial charge in [-0.15, -0.1) is 0 Å². The van der Waals surface area contributed by atoms with Crippen molar-refractivity contribution >= 4 is 17.3 Å². The molecule has 0 aliphatic rings. The third-order valence-electron chi connectivity index (χ3n) is 1.05. The van der Waals surface area contributed by atoms with Crippen molar-refractivity contribution in [2.24, 2.45) is 0 Å². The van der Waals surface area contributed by atoms with Crippen molar-refractivity contribution < 1.29 is 0 Å². The monoisotopic (exact) mass is 140 g/mol. The summed E-state index contributed by atoms with van der Waals surface area (Å²) in [5.74, 6) is 0. The van der Waals surface area contributed by atoms with Crippen LogP contribution in [0.25, 0.3) is 0 Å². The predicted octanol–water partition coefficient (Wildman–Crippen LogP) is 2.54. The zero-order chi connectivity index (χ0) is 6.69. The van der Waals surface area contributed by atoms with Gasteiger partial charge in [0, 0.05) is 17.8 Å². The van der Waals surface area contributed by atoms with Crippen LogP contribution in [0.5, 0.6) is 0 Å². The van der Waals surface area contributed by atoms with E-state index in [0.29, 0.717) is 0 Å². The third kappa shape index (κ3) is 1.61. The molecule has 0 unspecified atom stereocenters. The molecule has 1 N–H and O–H groups in total. The number of hydrogen-bond acceptors (Lipinski definition) is 1. The normalized spacial score (nSPS) is 9.11. The molecular weight excluding hydrogens is 134 g/mol. The predicted molar refractivity (Wildman–Crippen MR) is 40.4 cm³/mol. The van der Waals surface area contributed by atoms with Gasteiger partial charge in [0.15, 0.2) is 0 Å². The zero-order valence-corrected chi connectivity index (χ0v) is 5.65. The second-order valence-corrected chi connectivity index (χ2v) is 2.12. The molecule has 1 aromatic rings. The van der Waals surface area contributed by atoms with Gasteiger partial charge >= 0.3 is 0 Å². The topological polar surface area (TPSA) is 12.0 Å². The summed E-state index contributed by atoms with van der Waals surface area (Å²) in [5.41, 5.74) is 0.972. The summed E-state index contributed by atoms with van der Waals surface area (Å²) in [6, 6.07) is 7.37. The van der Waals surface area contributed by atoms with E-state index in [2.05, 4.69) is 12.4 Å². The summed E-state index contributed by atoms with van der Waals surface area (Å²) >= 11 is 5.62. The molecule has 1 radical (unpaired) electrons. The van der Waals surface area contributed by atoms with Gasteiger partial charge in [-0.2, -0.15) is 0 Å². The first-order valence-electron chi connectivity index (χ1n) is 2.61. The molecule has 0 aromatic heterocycles. The van der Waals surface area contributed by atoms with E-state index in [1.54, 1.807) is 0 Å². The Hall–Kier alpha value is -0.690. The minimum atomic E-state index is 0.744. The lowest BCUT2D eigenvalue weighted by Gasteiger charge is -1.96. The van der Waals surface area contributed by atoms with Crippen molar-refractivity contribution in [1.82, 2.24) is 0 Å². The molecular formula is C7H7ClN. The second kappa shape index (κ2) is 2.74. The minimum absolute atomic E-state index is 0.744. The molecule has 1 aromatic carbocycles. The average Bonchev–Trinajstić information content (AvgIpc) is 1.90. The molecule has 0 fully saturated rings. The number of hydrogen-bond donors (Lipinski definition) is 1. The van der Waals surface area contributed by atoms with E-state index in [1.165, 1.54) is 0 Å². The molecule has 1 rings (SSSR count). The number of anilines is 1. The SMILES string of the molecule is [CH2]Nc1ccc(Cl)cc1. The number of benzene rings is 1. The average molecular weight is 141 g/mol. The van der Waals surface area contributed by atoms with Gasteiger partial charge < -0.3 is 5.32 Å². The Kier molecular flexibility index (Phi) is 1.96. The van der Waals surface area contributed by atoms with E-state index in [4.69, 9.17) is 11.6 Å². The van der Waals surface area contributed by atoms with Gasteiger partial charge in [0.25, 0.3) is 0 Å². The van der Waals surface area contributed by atoms with E-state index in [9.17, 15) is 0 Å². The fraction of sp³-hybridized carbons (Fsp3) is 0. The molecule has 0 bridgehead atoms. The maximum absolute atomic E-state index is 5.62. The lowest BCUT2D eigenvalue weighted by atomic mass is 10.3. The molecule has 0 spiro atoms. The van der Waals surface area contributed by atoms with E-state index in [0.717, 1.165) is 10.7 Å². The highest BCUT2D eigenvalue weighted by Crippen LogP contribution is 2.12. The van der Waals surface area contributed by atoms with Crippen LogP contribution >= 0.6 is 11.6 Å². The van der Waals surface area contributed by atoms with Gasteiger partial charge in [-0.05, 0) is 24.3 Å². The van der Waals surface area contributed by atoms with E-state index < -0.39 is 0 Å². The van der Waals surface area contributed by atoms with Crippen molar-refractivity contribution in [3.05, 3.63) is 36.3 Å². The molecule has 2 heteroatoms. The van der Waals surface area contributed by atoms with Crippen LogP contribution in [-0.4, -0.2) is 0 Å². The molecule has 0 atom stereocenters. The molecule has 0 saturated heterocycles. The lowest BCUT2D eigenvalue weighted by Crippen LogP contribution is -1.81. The number of nitrogens with one attached hydrogen (secondary N) is 1. The maximum atomic E-state index is 5.62. The quantitative estimate of drug-likeness (QED) is 0.632. The smallest absolute Gasteiger partial charge is 0.0407 e. The summed E-state index contributed by atoms with van der Waals surface area (Å²) < 4.78 is 0. The van der Waals surface area contributed by atoms with Gasteiger partial charge in [-0.25, -0.2) is 0 Å². The van der Waals surface area contributed by atoms with Crippen LogP contribution in [0, 0.1) is 7.05 Å².